The molecule has 1 fully saturated rings. The van der Waals surface area contributed by atoms with Crippen LogP contribution < -0.4 is 0 Å². The molecule has 6 atom stereocenters. The molecular weight excluding hydrogens is 741 g/mol. The number of aliphatic hydroxyl groups excluding tert-OH is 3. The Labute approximate surface area is 338 Å². The molecule has 0 saturated carbocycles. The number of hydrogen-bond donors (Lipinski definition) is 4. The fourth-order valence-electron chi connectivity index (χ4n) is 6.25. The number of rotatable bonds is 36. The predicted octanol–water partition coefficient (Wildman–Crippen LogP) is 8.41. The second kappa shape index (κ2) is 35.0. The molecule has 1 saturated heterocycles. The van der Waals surface area contributed by atoms with Crippen molar-refractivity contribution in [1.29, 1.82) is 0 Å². The average Bonchev–Trinajstić information content (AvgIpc) is 3.17. The van der Waals surface area contributed by atoms with Crippen LogP contribution in [-0.4, -0.2) is 97.5 Å². The second-order valence-corrected chi connectivity index (χ2v) is 15.6. The molecule has 1 heterocycles. The molecule has 0 radical (unpaired) electrons. The van der Waals surface area contributed by atoms with Crippen LogP contribution in [0.4, 0.5) is 0 Å². The first kappa shape index (κ1) is 52.1. The van der Waals surface area contributed by atoms with Crippen molar-refractivity contribution in [3.8, 4) is 0 Å². The van der Waals surface area contributed by atoms with Crippen molar-refractivity contribution in [3.05, 3.63) is 48.6 Å². The third-order valence-electron chi connectivity index (χ3n) is 9.47. The number of allylic oxidation sites excluding steroid dienone is 8. The Morgan fingerprint density at radius 2 is 1.23 bits per heavy atom. The minimum absolute atomic E-state index is 0.0327. The van der Waals surface area contributed by atoms with Gasteiger partial charge in [0.05, 0.1) is 19.8 Å². The van der Waals surface area contributed by atoms with Gasteiger partial charge in [0.1, 0.15) is 30.5 Å². The van der Waals surface area contributed by atoms with Gasteiger partial charge in [-0.2, -0.15) is 8.42 Å². The normalized spacial score (nSPS) is 21.3. The van der Waals surface area contributed by atoms with Gasteiger partial charge in [-0.1, -0.05) is 146 Å². The smallest absolute Gasteiger partial charge is 0.397 e. The van der Waals surface area contributed by atoms with E-state index in [1.54, 1.807) is 0 Å². The van der Waals surface area contributed by atoms with Crippen molar-refractivity contribution < 1.29 is 56.2 Å². The highest BCUT2D eigenvalue weighted by Crippen LogP contribution is 2.26. The lowest BCUT2D eigenvalue weighted by molar-refractivity contribution is -0.301. The molecule has 0 aromatic rings. The molecule has 1 aliphatic heterocycles. The molecule has 13 heteroatoms. The number of esters is 1. The first-order chi connectivity index (χ1) is 27.1. The van der Waals surface area contributed by atoms with E-state index in [1.165, 1.54) is 57.8 Å². The quantitative estimate of drug-likeness (QED) is 0.0206. The topological polar surface area (TPSA) is 178 Å². The first-order valence-electron chi connectivity index (χ1n) is 21.4. The average molecular weight is 817 g/mol. The SMILES string of the molecule is CC/C=C\C/C=C\C/C=C\C/C=C\CCCCCCCCCCCCC(=O)OC(COCCCCCCCC)COC1OC(CO)C(O)C(OS(=O)(=O)O)C1O. The van der Waals surface area contributed by atoms with Gasteiger partial charge in [0.15, 0.2) is 6.29 Å². The number of hydrogen-bond acceptors (Lipinski definition) is 11. The molecule has 1 rings (SSSR count). The molecule has 0 aliphatic carbocycles. The van der Waals surface area contributed by atoms with Gasteiger partial charge >= 0.3 is 16.4 Å². The Hall–Kier alpha value is -1.94. The maximum absolute atomic E-state index is 12.8. The Morgan fingerprint density at radius 3 is 1.80 bits per heavy atom. The molecule has 4 N–H and O–H groups in total. The minimum atomic E-state index is -5.05. The number of unbranched alkanes of at least 4 members (excludes halogenated alkanes) is 15. The zero-order valence-corrected chi connectivity index (χ0v) is 35.2. The summed E-state index contributed by atoms with van der Waals surface area (Å²) in [6.07, 6.45) is 31.8. The summed E-state index contributed by atoms with van der Waals surface area (Å²) in [5.74, 6) is -0.409. The third kappa shape index (κ3) is 28.5. The van der Waals surface area contributed by atoms with E-state index in [4.69, 9.17) is 23.5 Å². The standard InChI is InChI=1S/C43H76O12S/c1-3-5-7-9-11-12-13-14-15-16-17-18-19-20-21-22-23-24-25-26-27-28-30-32-39(45)53-37(35-51-33-31-29-10-8-6-4-2)36-52-43-41(47)42(55-56(48,49)50)40(46)38(34-44)54-43/h5,7,11-12,14-15,17-18,37-38,40-44,46-47H,3-4,6,8-10,13,16,19-36H2,1-2H3,(H,48,49,50)/b7-5-,12-11-,15-14-,18-17-. The molecule has 0 aromatic heterocycles. The van der Waals surface area contributed by atoms with Crippen LogP contribution in [0, 0.1) is 0 Å². The Kier molecular flexibility index (Phi) is 32.6. The molecule has 0 aromatic carbocycles. The largest absolute Gasteiger partial charge is 0.457 e. The fourth-order valence-corrected chi connectivity index (χ4v) is 6.76. The Morgan fingerprint density at radius 1 is 0.696 bits per heavy atom. The van der Waals surface area contributed by atoms with E-state index in [2.05, 4.69) is 66.6 Å². The summed E-state index contributed by atoms with van der Waals surface area (Å²) in [7, 11) is -5.05. The lowest BCUT2D eigenvalue weighted by atomic mass is 9.99. The lowest BCUT2D eigenvalue weighted by Crippen LogP contribution is -2.60. The van der Waals surface area contributed by atoms with Gasteiger partial charge in [0, 0.05) is 13.0 Å². The molecule has 6 unspecified atom stereocenters. The monoisotopic (exact) mass is 817 g/mol. The van der Waals surface area contributed by atoms with E-state index >= 15 is 0 Å². The van der Waals surface area contributed by atoms with E-state index in [0.717, 1.165) is 70.6 Å². The van der Waals surface area contributed by atoms with Crippen LogP contribution in [-0.2, 0) is 38.3 Å². The fraction of sp³-hybridized carbons (Fsp3) is 0.791. The Balaban J connectivity index is 2.31. The van der Waals surface area contributed by atoms with Gasteiger partial charge < -0.3 is 34.3 Å². The molecule has 56 heavy (non-hydrogen) atoms. The van der Waals surface area contributed by atoms with Crippen LogP contribution >= 0.6 is 0 Å². The number of ether oxygens (including phenoxy) is 4. The summed E-state index contributed by atoms with van der Waals surface area (Å²) in [6, 6.07) is 0. The maximum atomic E-state index is 12.8. The van der Waals surface area contributed by atoms with Gasteiger partial charge in [-0.15, -0.1) is 0 Å². The summed E-state index contributed by atoms with van der Waals surface area (Å²) in [4.78, 5) is 12.8. The highest BCUT2D eigenvalue weighted by Gasteiger charge is 2.48. The number of carbonyl (C=O) groups excluding carboxylic acids is 1. The highest BCUT2D eigenvalue weighted by molar-refractivity contribution is 7.80. The van der Waals surface area contributed by atoms with Crippen LogP contribution in [0.15, 0.2) is 48.6 Å². The van der Waals surface area contributed by atoms with Gasteiger partial charge in [0.25, 0.3) is 0 Å². The van der Waals surface area contributed by atoms with Crippen molar-refractivity contribution in [3.63, 3.8) is 0 Å². The molecule has 0 bridgehead atoms. The van der Waals surface area contributed by atoms with Crippen LogP contribution in [0.2, 0.25) is 0 Å². The predicted molar refractivity (Wildman–Crippen MR) is 220 cm³/mol. The van der Waals surface area contributed by atoms with E-state index in [-0.39, 0.29) is 19.6 Å². The summed E-state index contributed by atoms with van der Waals surface area (Å²) in [5.41, 5.74) is 0. The zero-order chi connectivity index (χ0) is 41.1. The van der Waals surface area contributed by atoms with Crippen LogP contribution in [0.5, 0.6) is 0 Å². The molecule has 326 valence electrons. The number of aliphatic hydroxyl groups is 3. The van der Waals surface area contributed by atoms with Gasteiger partial charge in [-0.05, 0) is 51.4 Å². The van der Waals surface area contributed by atoms with Crippen LogP contribution in [0.1, 0.15) is 155 Å². The molecule has 12 nitrogen and oxygen atoms in total. The van der Waals surface area contributed by atoms with Crippen LogP contribution in [0.25, 0.3) is 0 Å². The van der Waals surface area contributed by atoms with Gasteiger partial charge in [-0.3, -0.25) is 9.35 Å². The number of carbonyl (C=O) groups is 1. The van der Waals surface area contributed by atoms with E-state index < -0.39 is 59.8 Å². The minimum Gasteiger partial charge on any atom is -0.457 e. The second-order valence-electron chi connectivity index (χ2n) is 14.6. The molecule has 0 spiro atoms. The van der Waals surface area contributed by atoms with Crippen molar-refractivity contribution in [2.45, 2.75) is 192 Å². The summed E-state index contributed by atoms with van der Waals surface area (Å²) in [5, 5.41) is 30.5. The van der Waals surface area contributed by atoms with Crippen LogP contribution in [0.3, 0.4) is 0 Å². The Bertz CT molecular complexity index is 1170. The third-order valence-corrected chi connectivity index (χ3v) is 9.93. The zero-order valence-electron chi connectivity index (χ0n) is 34.4. The van der Waals surface area contributed by atoms with Crippen molar-refractivity contribution in [2.75, 3.05) is 26.4 Å². The van der Waals surface area contributed by atoms with Crippen molar-refractivity contribution in [2.24, 2.45) is 0 Å². The van der Waals surface area contributed by atoms with Crippen molar-refractivity contribution in [1.82, 2.24) is 0 Å². The summed E-state index contributed by atoms with van der Waals surface area (Å²) < 4.78 is 58.7. The summed E-state index contributed by atoms with van der Waals surface area (Å²) >= 11 is 0. The maximum Gasteiger partial charge on any atom is 0.397 e. The molecule has 1 aliphatic rings. The lowest BCUT2D eigenvalue weighted by Gasteiger charge is -2.41. The van der Waals surface area contributed by atoms with Gasteiger partial charge in [-0.25, -0.2) is 4.18 Å². The van der Waals surface area contributed by atoms with E-state index in [0.29, 0.717) is 13.0 Å². The van der Waals surface area contributed by atoms with Crippen molar-refractivity contribution >= 4 is 16.4 Å². The molecular formula is C43H76O12S. The van der Waals surface area contributed by atoms with E-state index in [9.17, 15) is 28.5 Å². The summed E-state index contributed by atoms with van der Waals surface area (Å²) in [6.45, 7) is 3.79. The van der Waals surface area contributed by atoms with Gasteiger partial charge in [0.2, 0.25) is 0 Å². The highest BCUT2D eigenvalue weighted by atomic mass is 32.3. The molecule has 0 amide bonds. The first-order valence-corrected chi connectivity index (χ1v) is 22.8. The van der Waals surface area contributed by atoms with E-state index in [1.807, 2.05) is 0 Å².